The van der Waals surface area contributed by atoms with Crippen molar-refractivity contribution in [2.45, 2.75) is 12.6 Å². The highest BCUT2D eigenvalue weighted by Gasteiger charge is 2.32. The Bertz CT molecular complexity index is 429. The van der Waals surface area contributed by atoms with Crippen LogP contribution in [-0.2, 0) is 6.18 Å². The fourth-order valence-electron chi connectivity index (χ4n) is 1.12. The summed E-state index contributed by atoms with van der Waals surface area (Å²) < 4.78 is 37.0. The number of halogens is 3. The maximum Gasteiger partial charge on any atom is 0.418 e. The molecule has 0 amide bonds. The molecule has 0 aliphatic rings. The Morgan fingerprint density at radius 1 is 1.31 bits per heavy atom. The second-order valence-corrected chi connectivity index (χ2v) is 3.08. The maximum atomic E-state index is 12.3. The first-order valence-electron chi connectivity index (χ1n) is 4.51. The summed E-state index contributed by atoms with van der Waals surface area (Å²) in [4.78, 5) is 0. The van der Waals surface area contributed by atoms with E-state index in [0.29, 0.717) is 5.56 Å². The van der Waals surface area contributed by atoms with Crippen LogP contribution in [-0.4, -0.2) is 11.7 Å². The minimum atomic E-state index is -4.44. The smallest absolute Gasteiger partial charge is 0.398 e. The van der Waals surface area contributed by atoms with Crippen molar-refractivity contribution in [2.75, 3.05) is 12.3 Å². The maximum absolute atomic E-state index is 12.3. The molecular formula is C11H10F3NO. The van der Waals surface area contributed by atoms with E-state index in [2.05, 4.69) is 11.8 Å². The number of aliphatic hydroxyl groups is 1. The highest BCUT2D eigenvalue weighted by Crippen LogP contribution is 2.33. The molecule has 0 aliphatic heterocycles. The lowest BCUT2D eigenvalue weighted by Crippen LogP contribution is -2.08. The molecule has 0 saturated carbocycles. The lowest BCUT2D eigenvalue weighted by atomic mass is 10.1. The fraction of sp³-hybridized carbons (Fsp3) is 0.273. The van der Waals surface area contributed by atoms with Crippen LogP contribution in [0.3, 0.4) is 0 Å². The van der Waals surface area contributed by atoms with Crippen LogP contribution in [0.25, 0.3) is 0 Å². The van der Waals surface area contributed by atoms with Crippen LogP contribution >= 0.6 is 0 Å². The molecule has 2 nitrogen and oxygen atoms in total. The third-order valence-corrected chi connectivity index (χ3v) is 1.83. The molecular weight excluding hydrogens is 219 g/mol. The number of nitrogens with two attached hydrogens (primary N) is 1. The van der Waals surface area contributed by atoms with E-state index in [0.717, 1.165) is 6.07 Å². The van der Waals surface area contributed by atoms with Crippen LogP contribution < -0.4 is 5.73 Å². The molecule has 0 spiro atoms. The Labute approximate surface area is 90.9 Å². The van der Waals surface area contributed by atoms with Crippen molar-refractivity contribution in [1.29, 1.82) is 0 Å². The molecule has 0 saturated heterocycles. The normalized spacial score (nSPS) is 10.8. The molecule has 0 unspecified atom stereocenters. The largest absolute Gasteiger partial charge is 0.418 e. The zero-order valence-electron chi connectivity index (χ0n) is 8.30. The fourth-order valence-corrected chi connectivity index (χ4v) is 1.12. The summed E-state index contributed by atoms with van der Waals surface area (Å²) in [5.41, 5.74) is 4.47. The molecule has 0 heterocycles. The predicted molar refractivity (Wildman–Crippen MR) is 54.4 cm³/mol. The minimum Gasteiger partial charge on any atom is -0.398 e. The number of hydrogen-bond donors (Lipinski definition) is 2. The van der Waals surface area contributed by atoms with Crippen molar-refractivity contribution in [3.8, 4) is 11.8 Å². The van der Waals surface area contributed by atoms with E-state index < -0.39 is 11.7 Å². The second kappa shape index (κ2) is 4.90. The van der Waals surface area contributed by atoms with Gasteiger partial charge in [0.15, 0.2) is 0 Å². The molecule has 0 aliphatic carbocycles. The van der Waals surface area contributed by atoms with Crippen molar-refractivity contribution >= 4 is 5.69 Å². The molecule has 16 heavy (non-hydrogen) atoms. The second-order valence-electron chi connectivity index (χ2n) is 3.08. The summed E-state index contributed by atoms with van der Waals surface area (Å²) in [7, 11) is 0. The minimum absolute atomic E-state index is 0.0802. The SMILES string of the molecule is Nc1cc(C#CCCO)ccc1C(F)(F)F. The molecule has 1 aromatic carbocycles. The summed E-state index contributed by atoms with van der Waals surface area (Å²) in [6.45, 7) is -0.0802. The van der Waals surface area contributed by atoms with Crippen LogP contribution in [0.4, 0.5) is 18.9 Å². The van der Waals surface area contributed by atoms with Crippen molar-refractivity contribution < 1.29 is 18.3 Å². The lowest BCUT2D eigenvalue weighted by Gasteiger charge is -2.09. The summed E-state index contributed by atoms with van der Waals surface area (Å²) in [6, 6.07) is 3.33. The van der Waals surface area contributed by atoms with Crippen molar-refractivity contribution in [2.24, 2.45) is 0 Å². The number of benzene rings is 1. The Hall–Kier alpha value is -1.67. The van der Waals surface area contributed by atoms with Gasteiger partial charge in [-0.05, 0) is 18.2 Å². The van der Waals surface area contributed by atoms with Gasteiger partial charge in [0.1, 0.15) is 0 Å². The number of anilines is 1. The van der Waals surface area contributed by atoms with E-state index in [9.17, 15) is 13.2 Å². The van der Waals surface area contributed by atoms with E-state index in [-0.39, 0.29) is 18.7 Å². The van der Waals surface area contributed by atoms with E-state index in [1.807, 2.05) is 0 Å². The van der Waals surface area contributed by atoms with Gasteiger partial charge in [0, 0.05) is 17.7 Å². The molecule has 0 fully saturated rings. The van der Waals surface area contributed by atoms with Crippen LogP contribution in [0.5, 0.6) is 0 Å². The van der Waals surface area contributed by atoms with E-state index in [4.69, 9.17) is 10.8 Å². The van der Waals surface area contributed by atoms with Crippen molar-refractivity contribution in [3.05, 3.63) is 29.3 Å². The van der Waals surface area contributed by atoms with Crippen LogP contribution in [0.2, 0.25) is 0 Å². The summed E-state index contributed by atoms with van der Waals surface area (Å²) >= 11 is 0. The van der Waals surface area contributed by atoms with Crippen LogP contribution in [0.15, 0.2) is 18.2 Å². The van der Waals surface area contributed by atoms with Crippen LogP contribution in [0.1, 0.15) is 17.5 Å². The van der Waals surface area contributed by atoms with Gasteiger partial charge in [-0.1, -0.05) is 11.8 Å². The standard InChI is InChI=1S/C11H10F3NO/c12-11(13,14)9-5-4-8(7-10(9)15)3-1-2-6-16/h4-5,7,16H,2,6,15H2. The molecule has 1 aromatic rings. The van der Waals surface area contributed by atoms with Gasteiger partial charge in [0.05, 0.1) is 12.2 Å². The average Bonchev–Trinajstić information content (AvgIpc) is 2.16. The third-order valence-electron chi connectivity index (χ3n) is 1.83. The summed E-state index contributed by atoms with van der Waals surface area (Å²) in [5.74, 6) is 5.21. The van der Waals surface area contributed by atoms with Crippen molar-refractivity contribution in [3.63, 3.8) is 0 Å². The molecule has 0 aromatic heterocycles. The number of nitrogen functional groups attached to an aromatic ring is 1. The molecule has 0 atom stereocenters. The number of hydrogen-bond acceptors (Lipinski definition) is 2. The van der Waals surface area contributed by atoms with Crippen molar-refractivity contribution in [1.82, 2.24) is 0 Å². The lowest BCUT2D eigenvalue weighted by molar-refractivity contribution is -0.136. The molecule has 1 rings (SSSR count). The zero-order valence-corrected chi connectivity index (χ0v) is 8.30. The van der Waals surface area contributed by atoms with Gasteiger partial charge in [0.25, 0.3) is 0 Å². The average molecular weight is 229 g/mol. The Kier molecular flexibility index (Phi) is 3.80. The van der Waals surface area contributed by atoms with Gasteiger partial charge < -0.3 is 10.8 Å². The van der Waals surface area contributed by atoms with Gasteiger partial charge in [-0.3, -0.25) is 0 Å². The first-order valence-corrected chi connectivity index (χ1v) is 4.51. The molecule has 3 N–H and O–H groups in total. The van der Waals surface area contributed by atoms with Gasteiger partial charge in [-0.2, -0.15) is 13.2 Å². The van der Waals surface area contributed by atoms with E-state index >= 15 is 0 Å². The monoisotopic (exact) mass is 229 g/mol. The predicted octanol–water partition coefficient (Wildman–Crippen LogP) is 2.02. The summed E-state index contributed by atoms with van der Waals surface area (Å²) in [6.07, 6.45) is -4.16. The van der Waals surface area contributed by atoms with Crippen LogP contribution in [0, 0.1) is 11.8 Å². The Balaban J connectivity index is 2.97. The summed E-state index contributed by atoms with van der Waals surface area (Å²) in [5, 5.41) is 8.47. The van der Waals surface area contributed by atoms with E-state index in [1.165, 1.54) is 12.1 Å². The zero-order chi connectivity index (χ0) is 12.2. The highest BCUT2D eigenvalue weighted by molar-refractivity contribution is 5.54. The third kappa shape index (κ3) is 3.17. The molecule has 5 heteroatoms. The topological polar surface area (TPSA) is 46.2 Å². The number of alkyl halides is 3. The quantitative estimate of drug-likeness (QED) is 0.571. The molecule has 0 radical (unpaired) electrons. The first kappa shape index (κ1) is 12.4. The first-order chi connectivity index (χ1) is 7.45. The van der Waals surface area contributed by atoms with Gasteiger partial charge in [-0.15, -0.1) is 0 Å². The molecule has 86 valence electrons. The van der Waals surface area contributed by atoms with Gasteiger partial charge >= 0.3 is 6.18 Å². The van der Waals surface area contributed by atoms with E-state index in [1.54, 1.807) is 0 Å². The Morgan fingerprint density at radius 3 is 2.50 bits per heavy atom. The Morgan fingerprint density at radius 2 is 2.00 bits per heavy atom. The van der Waals surface area contributed by atoms with Gasteiger partial charge in [0.2, 0.25) is 0 Å². The number of rotatable bonds is 1. The highest BCUT2D eigenvalue weighted by atomic mass is 19.4. The molecule has 0 bridgehead atoms. The number of aliphatic hydroxyl groups excluding tert-OH is 1. The van der Waals surface area contributed by atoms with Gasteiger partial charge in [-0.25, -0.2) is 0 Å².